The first-order chi connectivity index (χ1) is 19.9. The van der Waals surface area contributed by atoms with Gasteiger partial charge in [0.05, 0.1) is 46.8 Å². The van der Waals surface area contributed by atoms with E-state index in [0.29, 0.717) is 6.04 Å². The third kappa shape index (κ3) is 8.61. The number of piperidine rings is 1. The first kappa shape index (κ1) is 30.2. The number of hydrogen-bond acceptors (Lipinski definition) is 6. The van der Waals surface area contributed by atoms with Crippen molar-refractivity contribution < 1.29 is 0 Å². The van der Waals surface area contributed by atoms with Crippen LogP contribution in [-0.2, 0) is 0 Å². The van der Waals surface area contributed by atoms with Crippen molar-refractivity contribution in [3.63, 3.8) is 0 Å². The Hall–Kier alpha value is -3.77. The van der Waals surface area contributed by atoms with E-state index >= 15 is 0 Å². The average Bonchev–Trinajstić information content (AvgIpc) is 2.97. The SMILES string of the molecule is C/C=C\C=C1/CN(c2ccc(C)cc2)C2=CC(=NC3CCN(CC(C)C)CC3)C=CC2=N1.CNc1cccnc1C. The van der Waals surface area contributed by atoms with Crippen LogP contribution in [0, 0.1) is 19.8 Å². The van der Waals surface area contributed by atoms with Crippen molar-refractivity contribution in [1.29, 1.82) is 0 Å². The maximum Gasteiger partial charge on any atom is 0.0872 e. The number of rotatable bonds is 6. The number of likely N-dealkylation sites (tertiary alicyclic amines) is 1. The van der Waals surface area contributed by atoms with Gasteiger partial charge in [-0.2, -0.15) is 0 Å². The van der Waals surface area contributed by atoms with Crippen molar-refractivity contribution in [2.45, 2.75) is 53.5 Å². The molecule has 1 aromatic heterocycles. The number of anilines is 2. The first-order valence-electron chi connectivity index (χ1n) is 14.9. The summed E-state index contributed by atoms with van der Waals surface area (Å²) in [5, 5.41) is 3.03. The second-order valence-electron chi connectivity index (χ2n) is 11.3. The first-order valence-corrected chi connectivity index (χ1v) is 14.9. The van der Waals surface area contributed by atoms with E-state index in [0.717, 1.165) is 72.6 Å². The number of benzene rings is 1. The van der Waals surface area contributed by atoms with Crippen LogP contribution in [0.5, 0.6) is 0 Å². The lowest BCUT2D eigenvalue weighted by Gasteiger charge is -2.34. The minimum absolute atomic E-state index is 0.412. The third-order valence-corrected chi connectivity index (χ3v) is 7.45. The molecule has 1 aromatic carbocycles. The van der Waals surface area contributed by atoms with Gasteiger partial charge in [0, 0.05) is 38.6 Å². The Bertz CT molecular complexity index is 1330. The van der Waals surface area contributed by atoms with Crippen LogP contribution in [0.15, 0.2) is 100 Å². The molecule has 216 valence electrons. The molecular weight excluding hydrogens is 504 g/mol. The van der Waals surface area contributed by atoms with Gasteiger partial charge < -0.3 is 15.1 Å². The van der Waals surface area contributed by atoms with Crippen molar-refractivity contribution in [1.82, 2.24) is 9.88 Å². The molecule has 2 aliphatic heterocycles. The Morgan fingerprint density at radius 2 is 1.83 bits per heavy atom. The van der Waals surface area contributed by atoms with Crippen molar-refractivity contribution in [3.05, 3.63) is 102 Å². The van der Waals surface area contributed by atoms with E-state index in [2.05, 4.69) is 95.5 Å². The zero-order valence-electron chi connectivity index (χ0n) is 25.6. The zero-order valence-corrected chi connectivity index (χ0v) is 25.6. The molecule has 1 aliphatic carbocycles. The molecule has 1 N–H and O–H groups in total. The van der Waals surface area contributed by atoms with E-state index in [-0.39, 0.29) is 0 Å². The lowest BCUT2D eigenvalue weighted by Crippen LogP contribution is -2.38. The minimum atomic E-state index is 0.412. The van der Waals surface area contributed by atoms with Crippen LogP contribution < -0.4 is 10.2 Å². The number of allylic oxidation sites excluding steroid dienone is 6. The van der Waals surface area contributed by atoms with E-state index < -0.39 is 0 Å². The number of pyridine rings is 1. The number of aromatic nitrogens is 1. The Morgan fingerprint density at radius 3 is 2.46 bits per heavy atom. The van der Waals surface area contributed by atoms with E-state index in [1.807, 2.05) is 39.1 Å². The summed E-state index contributed by atoms with van der Waals surface area (Å²) in [6.45, 7) is 15.0. The van der Waals surface area contributed by atoms with E-state index in [1.54, 1.807) is 6.20 Å². The topological polar surface area (TPSA) is 56.1 Å². The van der Waals surface area contributed by atoms with Crippen LogP contribution in [0.25, 0.3) is 0 Å². The number of aryl methyl sites for hydroxylation is 2. The summed E-state index contributed by atoms with van der Waals surface area (Å²) in [5.41, 5.74) is 8.89. The van der Waals surface area contributed by atoms with E-state index in [9.17, 15) is 0 Å². The lowest BCUT2D eigenvalue weighted by molar-refractivity contribution is 0.193. The maximum atomic E-state index is 5.13. The van der Waals surface area contributed by atoms with Gasteiger partial charge >= 0.3 is 0 Å². The number of hydrogen-bond donors (Lipinski definition) is 1. The van der Waals surface area contributed by atoms with Crippen molar-refractivity contribution in [3.8, 4) is 0 Å². The standard InChI is InChI=1S/C28H36N4.C7H10N2/c1-5-6-7-25-20-32(26-11-8-22(4)9-12-26)28-18-24(10-13-27(28)30-25)29-23-14-16-31(17-15-23)19-21(2)3;1-6-7(8-2)4-3-5-9-6/h5-13,18,21,23H,14-17,19-20H2,1-4H3;3-5,8H,1-2H3/b6-5-,25-7+,29-24?;. The highest BCUT2D eigenvalue weighted by atomic mass is 15.2. The zero-order chi connectivity index (χ0) is 29.2. The number of nitrogens with zero attached hydrogens (tertiary/aromatic N) is 5. The number of aliphatic imine (C=N–C) groups is 2. The van der Waals surface area contributed by atoms with Gasteiger partial charge in [0.1, 0.15) is 0 Å². The molecule has 41 heavy (non-hydrogen) atoms. The molecule has 0 bridgehead atoms. The number of fused-ring (bicyclic) bond motifs is 1. The molecule has 6 heteroatoms. The van der Waals surface area contributed by atoms with Crippen molar-refractivity contribution in [2.24, 2.45) is 15.9 Å². The van der Waals surface area contributed by atoms with Gasteiger partial charge in [-0.05, 0) is 88.1 Å². The molecule has 3 aliphatic rings. The van der Waals surface area contributed by atoms with Gasteiger partial charge in [-0.15, -0.1) is 0 Å². The summed E-state index contributed by atoms with van der Waals surface area (Å²) < 4.78 is 0. The van der Waals surface area contributed by atoms with Crippen LogP contribution in [0.2, 0.25) is 0 Å². The molecule has 1 saturated heterocycles. The lowest BCUT2D eigenvalue weighted by atomic mass is 10.0. The van der Waals surface area contributed by atoms with Gasteiger partial charge in [-0.25, -0.2) is 4.99 Å². The largest absolute Gasteiger partial charge is 0.387 e. The normalized spacial score (nSPS) is 19.7. The molecule has 0 unspecified atom stereocenters. The quantitative estimate of drug-likeness (QED) is 0.388. The molecule has 0 spiro atoms. The average molecular weight is 551 g/mol. The second kappa shape index (κ2) is 14.7. The molecule has 3 heterocycles. The highest BCUT2D eigenvalue weighted by molar-refractivity contribution is 6.23. The third-order valence-electron chi connectivity index (χ3n) is 7.45. The molecular formula is C35H46N6. The predicted octanol–water partition coefficient (Wildman–Crippen LogP) is 7.16. The molecule has 0 atom stereocenters. The Kier molecular flexibility index (Phi) is 10.9. The Morgan fingerprint density at radius 1 is 1.07 bits per heavy atom. The molecule has 0 saturated carbocycles. The van der Waals surface area contributed by atoms with Gasteiger partial charge in [0.15, 0.2) is 0 Å². The summed E-state index contributed by atoms with van der Waals surface area (Å²) in [4.78, 5) is 19.1. The van der Waals surface area contributed by atoms with Gasteiger partial charge in [0.25, 0.3) is 0 Å². The van der Waals surface area contributed by atoms with Crippen LogP contribution >= 0.6 is 0 Å². The van der Waals surface area contributed by atoms with Crippen LogP contribution in [0.4, 0.5) is 11.4 Å². The summed E-state index contributed by atoms with van der Waals surface area (Å²) in [6, 6.07) is 13.1. The van der Waals surface area contributed by atoms with Crippen LogP contribution in [-0.4, -0.2) is 60.6 Å². The van der Waals surface area contributed by atoms with E-state index in [4.69, 9.17) is 9.98 Å². The van der Waals surface area contributed by atoms with Gasteiger partial charge in [0.2, 0.25) is 0 Å². The predicted molar refractivity (Wildman–Crippen MR) is 176 cm³/mol. The van der Waals surface area contributed by atoms with E-state index in [1.165, 1.54) is 17.8 Å². The Labute approximate surface area is 247 Å². The molecule has 5 rings (SSSR count). The fourth-order valence-electron chi connectivity index (χ4n) is 5.30. The van der Waals surface area contributed by atoms with Crippen LogP contribution in [0.1, 0.15) is 44.9 Å². The summed E-state index contributed by atoms with van der Waals surface area (Å²) >= 11 is 0. The van der Waals surface area contributed by atoms with Crippen molar-refractivity contribution in [2.75, 3.05) is 43.4 Å². The molecule has 6 nitrogen and oxygen atoms in total. The summed E-state index contributed by atoms with van der Waals surface area (Å²) in [5.74, 6) is 0.729. The fraction of sp³-hybridized carbons (Fsp3) is 0.400. The summed E-state index contributed by atoms with van der Waals surface area (Å²) in [6.07, 6.45) is 16.8. The van der Waals surface area contributed by atoms with Gasteiger partial charge in [-0.3, -0.25) is 9.98 Å². The highest BCUT2D eigenvalue weighted by Crippen LogP contribution is 2.29. The Balaban J connectivity index is 0.000000367. The second-order valence-corrected chi connectivity index (χ2v) is 11.3. The molecule has 1 fully saturated rings. The highest BCUT2D eigenvalue weighted by Gasteiger charge is 2.25. The molecule has 0 amide bonds. The smallest absolute Gasteiger partial charge is 0.0872 e. The monoisotopic (exact) mass is 550 g/mol. The minimum Gasteiger partial charge on any atom is -0.387 e. The molecule has 2 aromatic rings. The number of nitrogens with one attached hydrogen (secondary N) is 1. The maximum absolute atomic E-state index is 5.13. The van der Waals surface area contributed by atoms with Gasteiger partial charge in [-0.1, -0.05) is 43.7 Å². The van der Waals surface area contributed by atoms with Crippen LogP contribution in [0.3, 0.4) is 0 Å². The fourth-order valence-corrected chi connectivity index (χ4v) is 5.30. The van der Waals surface area contributed by atoms with Crippen molar-refractivity contribution >= 4 is 22.8 Å². The molecule has 0 radical (unpaired) electrons. The summed E-state index contributed by atoms with van der Waals surface area (Å²) in [7, 11) is 1.89.